The lowest BCUT2D eigenvalue weighted by molar-refractivity contribution is 0.295. The van der Waals surface area contributed by atoms with Crippen molar-refractivity contribution in [2.45, 2.75) is 12.5 Å². The van der Waals surface area contributed by atoms with Gasteiger partial charge in [0, 0.05) is 18.0 Å². The van der Waals surface area contributed by atoms with Crippen molar-refractivity contribution in [3.05, 3.63) is 65.7 Å². The lowest BCUT2D eigenvalue weighted by atomic mass is 10.0. The van der Waals surface area contributed by atoms with Crippen molar-refractivity contribution in [2.24, 2.45) is 5.73 Å². The van der Waals surface area contributed by atoms with Crippen LogP contribution < -0.4 is 10.5 Å². The van der Waals surface area contributed by atoms with Crippen LogP contribution in [0.3, 0.4) is 0 Å². The van der Waals surface area contributed by atoms with E-state index in [1.165, 1.54) is 18.2 Å². The molecule has 2 nitrogen and oxygen atoms in total. The number of benzene rings is 2. The number of hydrogen-bond donors (Lipinski definition) is 1. The van der Waals surface area contributed by atoms with Gasteiger partial charge < -0.3 is 10.5 Å². The smallest absolute Gasteiger partial charge is 0.130 e. The maximum absolute atomic E-state index is 13.5. The molecule has 0 bridgehead atoms. The largest absolute Gasteiger partial charge is 0.494 e. The van der Waals surface area contributed by atoms with Gasteiger partial charge in [0.1, 0.15) is 17.4 Å². The Labute approximate surface area is 110 Å². The summed E-state index contributed by atoms with van der Waals surface area (Å²) < 4.78 is 32.4. The van der Waals surface area contributed by atoms with Crippen LogP contribution in [0.25, 0.3) is 0 Å². The molecule has 0 amide bonds. The first-order valence-corrected chi connectivity index (χ1v) is 6.06. The first-order valence-electron chi connectivity index (χ1n) is 6.06. The number of hydrogen-bond acceptors (Lipinski definition) is 2. The third-order valence-corrected chi connectivity index (χ3v) is 2.81. The second-order valence-electron chi connectivity index (χ2n) is 4.19. The van der Waals surface area contributed by atoms with Gasteiger partial charge in [-0.1, -0.05) is 24.3 Å². The molecule has 2 aromatic rings. The molecule has 0 aromatic heterocycles. The molecule has 100 valence electrons. The third kappa shape index (κ3) is 3.51. The van der Waals surface area contributed by atoms with Crippen LogP contribution in [-0.4, -0.2) is 6.61 Å². The molecular weight excluding hydrogens is 248 g/mol. The predicted octanol–water partition coefficient (Wildman–Crippen LogP) is 3.43. The molecule has 0 aliphatic carbocycles. The van der Waals surface area contributed by atoms with Crippen molar-refractivity contribution < 1.29 is 13.5 Å². The van der Waals surface area contributed by atoms with Crippen LogP contribution in [-0.2, 0) is 0 Å². The van der Waals surface area contributed by atoms with Gasteiger partial charge in [-0.3, -0.25) is 0 Å². The summed E-state index contributed by atoms with van der Waals surface area (Å²) in [4.78, 5) is 0. The molecule has 2 aromatic carbocycles. The first-order chi connectivity index (χ1) is 9.18. The molecule has 0 aliphatic heterocycles. The Morgan fingerprint density at radius 1 is 0.947 bits per heavy atom. The minimum Gasteiger partial charge on any atom is -0.494 e. The zero-order valence-corrected chi connectivity index (χ0v) is 10.4. The van der Waals surface area contributed by atoms with Crippen LogP contribution in [0.1, 0.15) is 18.0 Å². The molecule has 0 saturated carbocycles. The topological polar surface area (TPSA) is 35.2 Å². The Bertz CT molecular complexity index is 511. The number of halogens is 2. The van der Waals surface area contributed by atoms with Gasteiger partial charge in [0.2, 0.25) is 0 Å². The lowest BCUT2D eigenvalue weighted by Gasteiger charge is -2.14. The van der Waals surface area contributed by atoms with E-state index in [0.29, 0.717) is 18.8 Å². The standard InChI is InChI=1S/C15H15F2NO/c16-12-7-4-8-13(17)15(12)14(18)9-10-19-11-5-2-1-3-6-11/h1-8,14H,9-10,18H2. The van der Waals surface area contributed by atoms with Gasteiger partial charge in [-0.2, -0.15) is 0 Å². The highest BCUT2D eigenvalue weighted by Crippen LogP contribution is 2.21. The van der Waals surface area contributed by atoms with E-state index < -0.39 is 17.7 Å². The van der Waals surface area contributed by atoms with Gasteiger partial charge >= 0.3 is 0 Å². The van der Waals surface area contributed by atoms with E-state index in [1.807, 2.05) is 30.3 Å². The lowest BCUT2D eigenvalue weighted by Crippen LogP contribution is -2.17. The average Bonchev–Trinajstić information content (AvgIpc) is 2.40. The summed E-state index contributed by atoms with van der Waals surface area (Å²) in [5.74, 6) is -0.525. The zero-order chi connectivity index (χ0) is 13.7. The fourth-order valence-electron chi connectivity index (χ4n) is 1.83. The van der Waals surface area contributed by atoms with Crippen molar-refractivity contribution in [2.75, 3.05) is 6.61 Å². The molecule has 2 rings (SSSR count). The van der Waals surface area contributed by atoms with Crippen molar-refractivity contribution >= 4 is 0 Å². The van der Waals surface area contributed by atoms with Crippen LogP contribution in [0, 0.1) is 11.6 Å². The van der Waals surface area contributed by atoms with E-state index in [4.69, 9.17) is 10.5 Å². The van der Waals surface area contributed by atoms with Crippen molar-refractivity contribution in [1.29, 1.82) is 0 Å². The van der Waals surface area contributed by atoms with E-state index in [9.17, 15) is 8.78 Å². The van der Waals surface area contributed by atoms with Crippen molar-refractivity contribution in [3.63, 3.8) is 0 Å². The maximum atomic E-state index is 13.5. The summed E-state index contributed by atoms with van der Waals surface area (Å²) in [6, 6.07) is 12.2. The number of para-hydroxylation sites is 1. The van der Waals surface area contributed by atoms with E-state index in [1.54, 1.807) is 0 Å². The molecule has 2 N–H and O–H groups in total. The van der Waals surface area contributed by atoms with Gasteiger partial charge in [0.05, 0.1) is 6.61 Å². The predicted molar refractivity (Wildman–Crippen MR) is 69.8 cm³/mol. The minimum absolute atomic E-state index is 0.0841. The van der Waals surface area contributed by atoms with Crippen molar-refractivity contribution in [1.82, 2.24) is 0 Å². The average molecular weight is 263 g/mol. The number of ether oxygens (including phenoxy) is 1. The maximum Gasteiger partial charge on any atom is 0.130 e. The Kier molecular flexibility index (Phi) is 4.47. The quantitative estimate of drug-likeness (QED) is 0.897. The molecule has 19 heavy (non-hydrogen) atoms. The summed E-state index contributed by atoms with van der Waals surface area (Å²) in [6.07, 6.45) is 0.340. The first kappa shape index (κ1) is 13.5. The van der Waals surface area contributed by atoms with Crippen LogP contribution in [0.15, 0.2) is 48.5 Å². The number of rotatable bonds is 5. The third-order valence-electron chi connectivity index (χ3n) is 2.81. The summed E-state index contributed by atoms with van der Waals surface area (Å²) in [5, 5.41) is 0. The van der Waals surface area contributed by atoms with E-state index in [0.717, 1.165) is 0 Å². The molecule has 0 radical (unpaired) electrons. The fourth-order valence-corrected chi connectivity index (χ4v) is 1.83. The Morgan fingerprint density at radius 2 is 1.58 bits per heavy atom. The normalized spacial score (nSPS) is 12.2. The zero-order valence-electron chi connectivity index (χ0n) is 10.4. The monoisotopic (exact) mass is 263 g/mol. The molecule has 0 spiro atoms. The highest BCUT2D eigenvalue weighted by molar-refractivity contribution is 5.23. The van der Waals surface area contributed by atoms with E-state index >= 15 is 0 Å². The molecule has 0 saturated heterocycles. The molecule has 0 heterocycles. The van der Waals surface area contributed by atoms with Gasteiger partial charge in [-0.25, -0.2) is 8.78 Å². The van der Waals surface area contributed by atoms with Crippen LogP contribution in [0.4, 0.5) is 8.78 Å². The Hall–Kier alpha value is -1.94. The highest BCUT2D eigenvalue weighted by atomic mass is 19.1. The molecular formula is C15H15F2NO. The Morgan fingerprint density at radius 3 is 2.21 bits per heavy atom. The second-order valence-corrected chi connectivity index (χ2v) is 4.19. The number of nitrogens with two attached hydrogens (primary N) is 1. The summed E-state index contributed by atoms with van der Waals surface area (Å²) in [7, 11) is 0. The van der Waals surface area contributed by atoms with Gasteiger partial charge in [0.15, 0.2) is 0 Å². The van der Waals surface area contributed by atoms with Crippen LogP contribution in [0.5, 0.6) is 5.75 Å². The van der Waals surface area contributed by atoms with Crippen LogP contribution >= 0.6 is 0 Å². The minimum atomic E-state index is -0.718. The van der Waals surface area contributed by atoms with Crippen molar-refractivity contribution in [3.8, 4) is 5.75 Å². The summed E-state index contributed by atoms with van der Waals surface area (Å²) in [6.45, 7) is 0.305. The molecule has 1 unspecified atom stereocenters. The molecule has 1 atom stereocenters. The molecule has 0 aliphatic rings. The van der Waals surface area contributed by atoms with E-state index in [-0.39, 0.29) is 5.56 Å². The Balaban J connectivity index is 1.93. The fraction of sp³-hybridized carbons (Fsp3) is 0.200. The highest BCUT2D eigenvalue weighted by Gasteiger charge is 2.16. The SMILES string of the molecule is NC(CCOc1ccccc1)c1c(F)cccc1F. The van der Waals surface area contributed by atoms with Gasteiger partial charge in [0.25, 0.3) is 0 Å². The molecule has 0 fully saturated rings. The second kappa shape index (κ2) is 6.29. The summed E-state index contributed by atoms with van der Waals surface area (Å²) in [5.41, 5.74) is 5.72. The summed E-state index contributed by atoms with van der Waals surface area (Å²) >= 11 is 0. The van der Waals surface area contributed by atoms with Crippen LogP contribution in [0.2, 0.25) is 0 Å². The van der Waals surface area contributed by atoms with E-state index in [2.05, 4.69) is 0 Å². The molecule has 4 heteroatoms. The van der Waals surface area contributed by atoms with Gasteiger partial charge in [-0.05, 0) is 24.3 Å². The van der Waals surface area contributed by atoms with Gasteiger partial charge in [-0.15, -0.1) is 0 Å².